The van der Waals surface area contributed by atoms with Gasteiger partial charge in [-0.25, -0.2) is 0 Å². The number of carbonyl (C=O) groups is 1. The predicted molar refractivity (Wildman–Crippen MR) is 114 cm³/mol. The number of nitrogens with one attached hydrogen (secondary N) is 1. The average molecular weight is 400 g/mol. The Hall–Kier alpha value is -2.25. The number of carbonyl (C=O) groups excluding carboxylic acids is 1. The number of benzene rings is 1. The van der Waals surface area contributed by atoms with E-state index in [0.29, 0.717) is 24.9 Å². The summed E-state index contributed by atoms with van der Waals surface area (Å²) < 4.78 is 5.35. The van der Waals surface area contributed by atoms with Gasteiger partial charge in [0.05, 0.1) is 13.1 Å². The highest BCUT2D eigenvalue weighted by Crippen LogP contribution is 2.27. The zero-order valence-corrected chi connectivity index (χ0v) is 18.2. The fraction of sp³-hybridized carbons (Fsp3) is 0.591. The van der Waals surface area contributed by atoms with Gasteiger partial charge in [-0.2, -0.15) is 4.98 Å². The highest BCUT2D eigenvalue weighted by atomic mass is 16.5. The van der Waals surface area contributed by atoms with Crippen LogP contribution in [0.25, 0.3) is 0 Å². The van der Waals surface area contributed by atoms with Gasteiger partial charge in [-0.3, -0.25) is 14.6 Å². The third kappa shape index (κ3) is 5.64. The lowest BCUT2D eigenvalue weighted by molar-refractivity contribution is -0.117. The van der Waals surface area contributed by atoms with E-state index in [1.54, 1.807) is 0 Å². The zero-order valence-electron chi connectivity index (χ0n) is 18.2. The van der Waals surface area contributed by atoms with E-state index in [9.17, 15) is 4.79 Å². The Kier molecular flexibility index (Phi) is 7.03. The SMILES string of the molecule is Cc1cccc(C(C)C)c1NC(=O)CN1CCN(Cc2nc(C(C)C)no2)CC1. The number of amides is 1. The minimum Gasteiger partial charge on any atom is -0.338 e. The fourth-order valence-corrected chi connectivity index (χ4v) is 3.59. The molecule has 1 N–H and O–H groups in total. The van der Waals surface area contributed by atoms with Crippen LogP contribution in [0.15, 0.2) is 22.7 Å². The van der Waals surface area contributed by atoms with Gasteiger partial charge in [-0.05, 0) is 24.0 Å². The smallest absolute Gasteiger partial charge is 0.240 e. The molecule has 7 heteroatoms. The summed E-state index contributed by atoms with van der Waals surface area (Å²) in [4.78, 5) is 21.6. The Morgan fingerprint density at radius 1 is 1.10 bits per heavy atom. The minimum atomic E-state index is 0.0492. The average Bonchev–Trinajstić information content (AvgIpc) is 3.13. The van der Waals surface area contributed by atoms with Crippen LogP contribution in [0.4, 0.5) is 5.69 Å². The van der Waals surface area contributed by atoms with Crippen LogP contribution in [0, 0.1) is 6.92 Å². The van der Waals surface area contributed by atoms with Crippen LogP contribution in [0.3, 0.4) is 0 Å². The molecular formula is C22H33N5O2. The molecular weight excluding hydrogens is 366 g/mol. The van der Waals surface area contributed by atoms with E-state index in [0.717, 1.165) is 43.3 Å². The van der Waals surface area contributed by atoms with Gasteiger partial charge in [-0.15, -0.1) is 0 Å². The Balaban J connectivity index is 1.49. The van der Waals surface area contributed by atoms with Crippen LogP contribution in [0.1, 0.15) is 62.4 Å². The van der Waals surface area contributed by atoms with Crippen LogP contribution >= 0.6 is 0 Å². The van der Waals surface area contributed by atoms with Gasteiger partial charge in [0.1, 0.15) is 0 Å². The lowest BCUT2D eigenvalue weighted by Gasteiger charge is -2.33. The number of para-hydroxylation sites is 1. The summed E-state index contributed by atoms with van der Waals surface area (Å²) in [7, 11) is 0. The van der Waals surface area contributed by atoms with Gasteiger partial charge in [-0.1, -0.05) is 51.1 Å². The number of rotatable bonds is 7. The molecule has 2 aromatic rings. The summed E-state index contributed by atoms with van der Waals surface area (Å²) in [5.41, 5.74) is 3.25. The van der Waals surface area contributed by atoms with Crippen molar-refractivity contribution in [3.8, 4) is 0 Å². The molecule has 1 fully saturated rings. The predicted octanol–water partition coefficient (Wildman–Crippen LogP) is 3.38. The minimum absolute atomic E-state index is 0.0492. The first kappa shape index (κ1) is 21.5. The molecule has 1 aliphatic heterocycles. The first-order valence-electron chi connectivity index (χ1n) is 10.5. The standard InChI is InChI=1S/C22H33N5O2/c1-15(2)18-8-6-7-17(5)21(18)23-19(28)13-26-9-11-27(12-10-26)14-20-24-22(16(3)4)25-29-20/h6-8,15-16H,9-14H2,1-5H3,(H,23,28). The molecule has 3 rings (SSSR count). The molecule has 0 spiro atoms. The van der Waals surface area contributed by atoms with E-state index in [1.165, 1.54) is 5.56 Å². The van der Waals surface area contributed by atoms with Crippen molar-refractivity contribution in [2.24, 2.45) is 0 Å². The molecule has 0 bridgehead atoms. The number of piperazine rings is 1. The Morgan fingerprint density at radius 3 is 2.41 bits per heavy atom. The van der Waals surface area contributed by atoms with Gasteiger partial charge in [0.25, 0.3) is 0 Å². The molecule has 1 saturated heterocycles. The highest BCUT2D eigenvalue weighted by Gasteiger charge is 2.22. The van der Waals surface area contributed by atoms with Crippen molar-refractivity contribution in [1.82, 2.24) is 19.9 Å². The van der Waals surface area contributed by atoms with E-state index in [2.05, 4.69) is 59.0 Å². The number of anilines is 1. The summed E-state index contributed by atoms with van der Waals surface area (Å²) in [6.07, 6.45) is 0. The molecule has 1 amide bonds. The Bertz CT molecular complexity index is 822. The second kappa shape index (κ2) is 9.50. The number of nitrogens with zero attached hydrogens (tertiary/aromatic N) is 4. The van der Waals surface area contributed by atoms with E-state index in [1.807, 2.05) is 19.1 Å². The molecule has 158 valence electrons. The van der Waals surface area contributed by atoms with Crippen LogP contribution in [-0.4, -0.2) is 58.6 Å². The molecule has 0 aliphatic carbocycles. The van der Waals surface area contributed by atoms with E-state index in [-0.39, 0.29) is 11.8 Å². The quantitative estimate of drug-likeness (QED) is 0.769. The number of aromatic nitrogens is 2. The van der Waals surface area contributed by atoms with Gasteiger partial charge in [0.2, 0.25) is 11.8 Å². The summed E-state index contributed by atoms with van der Waals surface area (Å²) in [5, 5.41) is 7.17. The lowest BCUT2D eigenvalue weighted by atomic mass is 9.98. The maximum absolute atomic E-state index is 12.6. The third-order valence-electron chi connectivity index (χ3n) is 5.38. The Morgan fingerprint density at radius 2 is 1.79 bits per heavy atom. The molecule has 0 saturated carbocycles. The third-order valence-corrected chi connectivity index (χ3v) is 5.38. The molecule has 2 heterocycles. The first-order chi connectivity index (χ1) is 13.8. The summed E-state index contributed by atoms with van der Waals surface area (Å²) in [6.45, 7) is 15.0. The summed E-state index contributed by atoms with van der Waals surface area (Å²) >= 11 is 0. The van der Waals surface area contributed by atoms with Crippen molar-refractivity contribution in [3.63, 3.8) is 0 Å². The molecule has 7 nitrogen and oxygen atoms in total. The van der Waals surface area contributed by atoms with E-state index < -0.39 is 0 Å². The molecule has 29 heavy (non-hydrogen) atoms. The molecule has 1 aromatic carbocycles. The topological polar surface area (TPSA) is 74.5 Å². The maximum atomic E-state index is 12.6. The van der Waals surface area contributed by atoms with Gasteiger partial charge in [0, 0.05) is 37.8 Å². The van der Waals surface area contributed by atoms with Crippen molar-refractivity contribution >= 4 is 11.6 Å². The van der Waals surface area contributed by atoms with Gasteiger partial charge >= 0.3 is 0 Å². The fourth-order valence-electron chi connectivity index (χ4n) is 3.59. The van der Waals surface area contributed by atoms with Gasteiger partial charge in [0.15, 0.2) is 5.82 Å². The van der Waals surface area contributed by atoms with E-state index >= 15 is 0 Å². The van der Waals surface area contributed by atoms with Crippen molar-refractivity contribution < 1.29 is 9.32 Å². The van der Waals surface area contributed by atoms with Crippen molar-refractivity contribution in [3.05, 3.63) is 41.0 Å². The summed E-state index contributed by atoms with van der Waals surface area (Å²) in [5.74, 6) is 2.11. The van der Waals surface area contributed by atoms with Gasteiger partial charge < -0.3 is 9.84 Å². The molecule has 1 aliphatic rings. The second-order valence-electron chi connectivity index (χ2n) is 8.50. The molecule has 0 atom stereocenters. The normalized spacial score (nSPS) is 16.0. The number of hydrogen-bond donors (Lipinski definition) is 1. The summed E-state index contributed by atoms with van der Waals surface area (Å²) in [6, 6.07) is 6.18. The molecule has 0 unspecified atom stereocenters. The number of aryl methyl sites for hydroxylation is 1. The molecule has 0 radical (unpaired) electrons. The lowest BCUT2D eigenvalue weighted by Crippen LogP contribution is -2.48. The van der Waals surface area contributed by atoms with E-state index in [4.69, 9.17) is 4.52 Å². The van der Waals surface area contributed by atoms with Crippen molar-refractivity contribution in [2.75, 3.05) is 38.0 Å². The maximum Gasteiger partial charge on any atom is 0.240 e. The first-order valence-corrected chi connectivity index (χ1v) is 10.5. The van der Waals surface area contributed by atoms with Crippen LogP contribution in [0.2, 0.25) is 0 Å². The van der Waals surface area contributed by atoms with Crippen LogP contribution in [0.5, 0.6) is 0 Å². The monoisotopic (exact) mass is 399 g/mol. The number of hydrogen-bond acceptors (Lipinski definition) is 6. The Labute approximate surface area is 173 Å². The largest absolute Gasteiger partial charge is 0.338 e. The van der Waals surface area contributed by atoms with Crippen LogP contribution in [-0.2, 0) is 11.3 Å². The second-order valence-corrected chi connectivity index (χ2v) is 8.50. The highest BCUT2D eigenvalue weighted by molar-refractivity contribution is 5.93. The zero-order chi connectivity index (χ0) is 21.0. The van der Waals surface area contributed by atoms with Crippen molar-refractivity contribution in [1.29, 1.82) is 0 Å². The van der Waals surface area contributed by atoms with Crippen molar-refractivity contribution in [2.45, 2.75) is 53.0 Å². The molecule has 1 aromatic heterocycles. The van der Waals surface area contributed by atoms with Crippen LogP contribution < -0.4 is 5.32 Å².